The predicted molar refractivity (Wildman–Crippen MR) is 49.9 cm³/mol. The van der Waals surface area contributed by atoms with E-state index in [9.17, 15) is 5.11 Å². The van der Waals surface area contributed by atoms with Crippen molar-refractivity contribution in [1.29, 1.82) is 0 Å². The van der Waals surface area contributed by atoms with Crippen LogP contribution in [0.5, 0.6) is 0 Å². The molecule has 0 aromatic heterocycles. The summed E-state index contributed by atoms with van der Waals surface area (Å²) in [5, 5.41) is 9.45. The standard InChI is InChI=1S/C10H15NO/c1-8(10(12)7-11)9-5-3-2-4-6-9/h2-6,8,10,12H,7,11H2,1H3/t8-,10-/m1/s1. The van der Waals surface area contributed by atoms with Gasteiger partial charge in [-0.3, -0.25) is 0 Å². The van der Waals surface area contributed by atoms with E-state index in [1.807, 2.05) is 37.3 Å². The van der Waals surface area contributed by atoms with Crippen molar-refractivity contribution in [2.45, 2.75) is 18.9 Å². The summed E-state index contributed by atoms with van der Waals surface area (Å²) in [5.74, 6) is 0.121. The molecule has 0 heterocycles. The minimum Gasteiger partial charge on any atom is -0.391 e. The number of nitrogens with two attached hydrogens (primary N) is 1. The van der Waals surface area contributed by atoms with Gasteiger partial charge in [0, 0.05) is 12.5 Å². The Kier molecular flexibility index (Phi) is 3.26. The highest BCUT2D eigenvalue weighted by molar-refractivity contribution is 5.19. The van der Waals surface area contributed by atoms with Gasteiger partial charge in [-0.05, 0) is 5.56 Å². The first-order chi connectivity index (χ1) is 5.75. The Morgan fingerprint density at radius 2 is 1.92 bits per heavy atom. The van der Waals surface area contributed by atoms with Gasteiger partial charge in [-0.1, -0.05) is 37.3 Å². The van der Waals surface area contributed by atoms with Crippen LogP contribution >= 0.6 is 0 Å². The number of aliphatic hydroxyl groups is 1. The summed E-state index contributed by atoms with van der Waals surface area (Å²) in [4.78, 5) is 0. The Morgan fingerprint density at radius 3 is 2.42 bits per heavy atom. The highest BCUT2D eigenvalue weighted by atomic mass is 16.3. The van der Waals surface area contributed by atoms with E-state index >= 15 is 0 Å². The van der Waals surface area contributed by atoms with E-state index in [2.05, 4.69) is 0 Å². The smallest absolute Gasteiger partial charge is 0.0728 e. The Bertz CT molecular complexity index is 223. The van der Waals surface area contributed by atoms with Crippen molar-refractivity contribution in [2.24, 2.45) is 5.73 Å². The van der Waals surface area contributed by atoms with Crippen LogP contribution in [0.15, 0.2) is 30.3 Å². The van der Waals surface area contributed by atoms with E-state index in [1.54, 1.807) is 0 Å². The Hall–Kier alpha value is -0.860. The third-order valence-corrected chi connectivity index (χ3v) is 2.14. The Labute approximate surface area is 73.0 Å². The molecular formula is C10H15NO. The molecule has 1 aromatic rings. The highest BCUT2D eigenvalue weighted by Crippen LogP contribution is 2.17. The van der Waals surface area contributed by atoms with Crippen molar-refractivity contribution < 1.29 is 5.11 Å². The normalized spacial score (nSPS) is 15.6. The van der Waals surface area contributed by atoms with Crippen LogP contribution in [0.2, 0.25) is 0 Å². The number of aliphatic hydroxyl groups excluding tert-OH is 1. The lowest BCUT2D eigenvalue weighted by molar-refractivity contribution is 0.157. The summed E-state index contributed by atoms with van der Waals surface area (Å²) < 4.78 is 0. The second-order valence-corrected chi connectivity index (χ2v) is 3.00. The fourth-order valence-corrected chi connectivity index (χ4v) is 1.18. The first-order valence-corrected chi connectivity index (χ1v) is 4.18. The molecule has 2 nitrogen and oxygen atoms in total. The topological polar surface area (TPSA) is 46.2 Å². The molecule has 0 fully saturated rings. The summed E-state index contributed by atoms with van der Waals surface area (Å²) in [5.41, 5.74) is 6.49. The molecule has 0 aliphatic heterocycles. The average Bonchev–Trinajstić information content (AvgIpc) is 2.17. The zero-order chi connectivity index (χ0) is 8.97. The van der Waals surface area contributed by atoms with Crippen molar-refractivity contribution in [2.75, 3.05) is 6.54 Å². The third-order valence-electron chi connectivity index (χ3n) is 2.14. The molecule has 0 spiro atoms. The van der Waals surface area contributed by atoms with Gasteiger partial charge in [-0.2, -0.15) is 0 Å². The largest absolute Gasteiger partial charge is 0.391 e. The maximum Gasteiger partial charge on any atom is 0.0728 e. The van der Waals surface area contributed by atoms with Gasteiger partial charge in [0.25, 0.3) is 0 Å². The lowest BCUT2D eigenvalue weighted by Crippen LogP contribution is -2.25. The number of rotatable bonds is 3. The minimum absolute atomic E-state index is 0.121. The van der Waals surface area contributed by atoms with E-state index in [1.165, 1.54) is 0 Å². The second kappa shape index (κ2) is 4.24. The van der Waals surface area contributed by atoms with Crippen molar-refractivity contribution in [3.05, 3.63) is 35.9 Å². The first-order valence-electron chi connectivity index (χ1n) is 4.18. The summed E-state index contributed by atoms with van der Waals surface area (Å²) in [6.45, 7) is 2.29. The fourth-order valence-electron chi connectivity index (χ4n) is 1.18. The van der Waals surface area contributed by atoms with Gasteiger partial charge in [-0.15, -0.1) is 0 Å². The van der Waals surface area contributed by atoms with Crippen molar-refractivity contribution in [1.82, 2.24) is 0 Å². The van der Waals surface area contributed by atoms with Gasteiger partial charge in [0.1, 0.15) is 0 Å². The van der Waals surface area contributed by atoms with E-state index < -0.39 is 6.10 Å². The molecular weight excluding hydrogens is 150 g/mol. The summed E-state index contributed by atoms with van der Waals surface area (Å²) in [6, 6.07) is 9.91. The van der Waals surface area contributed by atoms with Crippen LogP contribution in [0, 0.1) is 0 Å². The zero-order valence-electron chi connectivity index (χ0n) is 7.27. The lowest BCUT2D eigenvalue weighted by Gasteiger charge is -2.16. The molecule has 66 valence electrons. The molecule has 3 N–H and O–H groups in total. The number of hydrogen-bond acceptors (Lipinski definition) is 2. The molecule has 0 bridgehead atoms. The van der Waals surface area contributed by atoms with E-state index in [0.717, 1.165) is 5.56 Å². The molecule has 0 amide bonds. The quantitative estimate of drug-likeness (QED) is 0.704. The molecule has 0 saturated carbocycles. The summed E-state index contributed by atoms with van der Waals surface area (Å²) >= 11 is 0. The number of hydrogen-bond donors (Lipinski definition) is 2. The maximum absolute atomic E-state index is 9.45. The molecule has 2 atom stereocenters. The van der Waals surface area contributed by atoms with Crippen LogP contribution < -0.4 is 5.73 Å². The van der Waals surface area contributed by atoms with Gasteiger partial charge in [0.2, 0.25) is 0 Å². The summed E-state index contributed by atoms with van der Waals surface area (Å²) in [6.07, 6.45) is -0.438. The molecule has 0 saturated heterocycles. The van der Waals surface area contributed by atoms with Crippen molar-refractivity contribution in [3.8, 4) is 0 Å². The van der Waals surface area contributed by atoms with E-state index in [-0.39, 0.29) is 5.92 Å². The van der Waals surface area contributed by atoms with Gasteiger partial charge in [0.15, 0.2) is 0 Å². The second-order valence-electron chi connectivity index (χ2n) is 3.00. The minimum atomic E-state index is -0.438. The molecule has 1 rings (SSSR count). The van der Waals surface area contributed by atoms with E-state index in [4.69, 9.17) is 5.73 Å². The molecule has 1 aromatic carbocycles. The lowest BCUT2D eigenvalue weighted by atomic mass is 9.96. The van der Waals surface area contributed by atoms with Crippen LogP contribution in [-0.4, -0.2) is 17.8 Å². The molecule has 2 heteroatoms. The highest BCUT2D eigenvalue weighted by Gasteiger charge is 2.13. The van der Waals surface area contributed by atoms with Gasteiger partial charge >= 0.3 is 0 Å². The van der Waals surface area contributed by atoms with Crippen molar-refractivity contribution in [3.63, 3.8) is 0 Å². The monoisotopic (exact) mass is 165 g/mol. The third kappa shape index (κ3) is 2.06. The molecule has 12 heavy (non-hydrogen) atoms. The predicted octanol–water partition coefficient (Wildman–Crippen LogP) is 1.11. The number of benzene rings is 1. The van der Waals surface area contributed by atoms with Gasteiger partial charge in [-0.25, -0.2) is 0 Å². The van der Waals surface area contributed by atoms with E-state index in [0.29, 0.717) is 6.54 Å². The first kappa shape index (κ1) is 9.23. The molecule has 0 aliphatic rings. The maximum atomic E-state index is 9.45. The van der Waals surface area contributed by atoms with Gasteiger partial charge in [0.05, 0.1) is 6.10 Å². The zero-order valence-corrected chi connectivity index (χ0v) is 7.27. The average molecular weight is 165 g/mol. The van der Waals surface area contributed by atoms with Crippen molar-refractivity contribution >= 4 is 0 Å². The van der Waals surface area contributed by atoms with Crippen LogP contribution in [0.4, 0.5) is 0 Å². The SMILES string of the molecule is C[C@H](c1ccccc1)[C@H](O)CN. The van der Waals surface area contributed by atoms with Crippen LogP contribution in [0.1, 0.15) is 18.4 Å². The molecule has 0 radical (unpaired) electrons. The molecule has 0 unspecified atom stereocenters. The summed E-state index contributed by atoms with van der Waals surface area (Å²) in [7, 11) is 0. The van der Waals surface area contributed by atoms with Gasteiger partial charge < -0.3 is 10.8 Å². The Balaban J connectivity index is 2.71. The fraction of sp³-hybridized carbons (Fsp3) is 0.400. The molecule has 0 aliphatic carbocycles. The van der Waals surface area contributed by atoms with Crippen LogP contribution in [-0.2, 0) is 0 Å². The Morgan fingerprint density at radius 1 is 1.33 bits per heavy atom. The van der Waals surface area contributed by atoms with Crippen LogP contribution in [0.25, 0.3) is 0 Å². The van der Waals surface area contributed by atoms with Crippen LogP contribution in [0.3, 0.4) is 0 Å².